The summed E-state index contributed by atoms with van der Waals surface area (Å²) in [5.41, 5.74) is 1.01. The number of thioether (sulfide) groups is 1. The van der Waals surface area contributed by atoms with E-state index in [0.717, 1.165) is 5.56 Å². The van der Waals surface area contributed by atoms with E-state index < -0.39 is 0 Å². The molecule has 1 N–H and O–H groups in total. The Kier molecular flexibility index (Phi) is 4.45. The summed E-state index contributed by atoms with van der Waals surface area (Å²) in [7, 11) is 0. The fraction of sp³-hybridized carbons (Fsp3) is 0.273. The van der Waals surface area contributed by atoms with E-state index in [4.69, 9.17) is 5.11 Å². The molecule has 0 heterocycles. The van der Waals surface area contributed by atoms with Crippen LogP contribution in [0.15, 0.2) is 29.2 Å². The molecule has 0 spiro atoms. The lowest BCUT2D eigenvalue weighted by atomic mass is 10.2. The maximum Gasteiger partial charge on any atom is 0.0540 e. The first kappa shape index (κ1) is 10.2. The van der Waals surface area contributed by atoms with Gasteiger partial charge < -0.3 is 5.11 Å². The van der Waals surface area contributed by atoms with Gasteiger partial charge in [-0.15, -0.1) is 11.8 Å². The van der Waals surface area contributed by atoms with Gasteiger partial charge in [0.25, 0.3) is 0 Å². The van der Waals surface area contributed by atoms with Crippen molar-refractivity contribution < 1.29 is 5.11 Å². The van der Waals surface area contributed by atoms with Crippen LogP contribution in [0.1, 0.15) is 12.0 Å². The minimum Gasteiger partial charge on any atom is -0.395 e. The SMILES string of the molecule is CSc1ccc(C#CCCO)cc1. The predicted molar refractivity (Wildman–Crippen MR) is 56.8 cm³/mol. The largest absolute Gasteiger partial charge is 0.395 e. The van der Waals surface area contributed by atoms with Crippen molar-refractivity contribution in [1.29, 1.82) is 0 Å². The first-order chi connectivity index (χ1) is 6.36. The molecule has 0 bridgehead atoms. The van der Waals surface area contributed by atoms with E-state index in [-0.39, 0.29) is 6.61 Å². The second-order valence-corrected chi connectivity index (χ2v) is 3.38. The molecular weight excluding hydrogens is 180 g/mol. The van der Waals surface area contributed by atoms with Crippen LogP contribution in [0.5, 0.6) is 0 Å². The number of hydrogen-bond acceptors (Lipinski definition) is 2. The molecule has 2 heteroatoms. The van der Waals surface area contributed by atoms with Gasteiger partial charge >= 0.3 is 0 Å². The zero-order valence-corrected chi connectivity index (χ0v) is 8.40. The molecule has 0 aromatic heterocycles. The smallest absolute Gasteiger partial charge is 0.0540 e. The van der Waals surface area contributed by atoms with Gasteiger partial charge in [0, 0.05) is 16.9 Å². The summed E-state index contributed by atoms with van der Waals surface area (Å²) in [5.74, 6) is 5.86. The van der Waals surface area contributed by atoms with Gasteiger partial charge in [0.2, 0.25) is 0 Å². The molecule has 1 aromatic rings. The molecule has 0 atom stereocenters. The molecule has 0 fully saturated rings. The van der Waals surface area contributed by atoms with Gasteiger partial charge in [-0.25, -0.2) is 0 Å². The van der Waals surface area contributed by atoms with Crippen LogP contribution < -0.4 is 0 Å². The van der Waals surface area contributed by atoms with E-state index in [9.17, 15) is 0 Å². The van der Waals surface area contributed by atoms with Crippen LogP contribution in [0.25, 0.3) is 0 Å². The van der Waals surface area contributed by atoms with Gasteiger partial charge in [-0.05, 0) is 30.5 Å². The zero-order chi connectivity index (χ0) is 9.52. The van der Waals surface area contributed by atoms with E-state index in [1.807, 2.05) is 30.5 Å². The monoisotopic (exact) mass is 192 g/mol. The summed E-state index contributed by atoms with van der Waals surface area (Å²) in [4.78, 5) is 1.24. The fourth-order valence-electron chi connectivity index (χ4n) is 0.895. The van der Waals surface area contributed by atoms with E-state index in [1.165, 1.54) is 4.90 Å². The van der Waals surface area contributed by atoms with Crippen molar-refractivity contribution in [2.45, 2.75) is 11.3 Å². The highest BCUT2D eigenvalue weighted by atomic mass is 32.2. The lowest BCUT2D eigenvalue weighted by Crippen LogP contribution is -1.78. The highest BCUT2D eigenvalue weighted by molar-refractivity contribution is 7.98. The lowest BCUT2D eigenvalue weighted by Gasteiger charge is -1.94. The van der Waals surface area contributed by atoms with E-state index >= 15 is 0 Å². The van der Waals surface area contributed by atoms with Gasteiger partial charge in [0.15, 0.2) is 0 Å². The second kappa shape index (κ2) is 5.69. The quantitative estimate of drug-likeness (QED) is 0.572. The number of benzene rings is 1. The number of hydrogen-bond donors (Lipinski definition) is 1. The topological polar surface area (TPSA) is 20.2 Å². The molecule has 0 saturated heterocycles. The number of aliphatic hydroxyl groups is 1. The Morgan fingerprint density at radius 2 is 2.00 bits per heavy atom. The molecule has 1 rings (SSSR count). The molecule has 68 valence electrons. The van der Waals surface area contributed by atoms with Crippen molar-refractivity contribution in [3.63, 3.8) is 0 Å². The Balaban J connectivity index is 2.65. The molecule has 0 unspecified atom stereocenters. The molecular formula is C11H12OS. The van der Waals surface area contributed by atoms with Gasteiger partial charge in [-0.3, -0.25) is 0 Å². The minimum atomic E-state index is 0.135. The van der Waals surface area contributed by atoms with E-state index in [2.05, 4.69) is 11.8 Å². The molecule has 0 aliphatic heterocycles. The zero-order valence-electron chi connectivity index (χ0n) is 7.58. The van der Waals surface area contributed by atoms with Crippen LogP contribution in [0.3, 0.4) is 0 Å². The minimum absolute atomic E-state index is 0.135. The van der Waals surface area contributed by atoms with Crippen molar-refractivity contribution in [2.75, 3.05) is 12.9 Å². The van der Waals surface area contributed by atoms with Crippen molar-refractivity contribution in [2.24, 2.45) is 0 Å². The van der Waals surface area contributed by atoms with Crippen LogP contribution in [0.4, 0.5) is 0 Å². The van der Waals surface area contributed by atoms with Gasteiger partial charge in [-0.1, -0.05) is 11.8 Å². The van der Waals surface area contributed by atoms with Crippen LogP contribution in [-0.2, 0) is 0 Å². The fourth-order valence-corrected chi connectivity index (χ4v) is 1.30. The third-order valence-corrected chi connectivity index (χ3v) is 2.30. The van der Waals surface area contributed by atoms with Crippen LogP contribution in [0.2, 0.25) is 0 Å². The van der Waals surface area contributed by atoms with Crippen LogP contribution >= 0.6 is 11.8 Å². The summed E-state index contributed by atoms with van der Waals surface area (Å²) in [6.45, 7) is 0.135. The molecule has 0 radical (unpaired) electrons. The van der Waals surface area contributed by atoms with E-state index in [0.29, 0.717) is 6.42 Å². The highest BCUT2D eigenvalue weighted by Crippen LogP contribution is 2.14. The third kappa shape index (κ3) is 3.54. The maximum atomic E-state index is 8.52. The predicted octanol–water partition coefficient (Wildman–Crippen LogP) is 2.14. The van der Waals surface area contributed by atoms with Crippen LogP contribution in [0, 0.1) is 11.8 Å². The molecule has 0 aliphatic rings. The first-order valence-electron chi connectivity index (χ1n) is 4.10. The van der Waals surface area contributed by atoms with Gasteiger partial charge in [-0.2, -0.15) is 0 Å². The van der Waals surface area contributed by atoms with Gasteiger partial charge in [0.1, 0.15) is 0 Å². The maximum absolute atomic E-state index is 8.52. The average molecular weight is 192 g/mol. The lowest BCUT2D eigenvalue weighted by molar-refractivity contribution is 0.305. The Morgan fingerprint density at radius 3 is 2.54 bits per heavy atom. The summed E-state index contributed by atoms with van der Waals surface area (Å²) >= 11 is 1.72. The second-order valence-electron chi connectivity index (χ2n) is 2.50. The molecule has 1 nitrogen and oxygen atoms in total. The normalized spacial score (nSPS) is 9.08. The molecule has 0 aliphatic carbocycles. The average Bonchev–Trinajstić information content (AvgIpc) is 2.19. The number of rotatable bonds is 2. The van der Waals surface area contributed by atoms with Crippen molar-refractivity contribution in [3.8, 4) is 11.8 Å². The van der Waals surface area contributed by atoms with Gasteiger partial charge in [0.05, 0.1) is 6.61 Å². The summed E-state index contributed by atoms with van der Waals surface area (Å²) in [5, 5.41) is 8.52. The molecule has 0 amide bonds. The molecule has 13 heavy (non-hydrogen) atoms. The van der Waals surface area contributed by atoms with Crippen LogP contribution in [-0.4, -0.2) is 18.0 Å². The standard InChI is InChI=1S/C11H12OS/c1-13-11-7-5-10(6-8-11)4-2-3-9-12/h5-8,12H,3,9H2,1H3. The third-order valence-electron chi connectivity index (χ3n) is 1.56. The highest BCUT2D eigenvalue weighted by Gasteiger charge is 1.88. The summed E-state index contributed by atoms with van der Waals surface area (Å²) in [6.07, 6.45) is 2.59. The Morgan fingerprint density at radius 1 is 1.31 bits per heavy atom. The van der Waals surface area contributed by atoms with Crippen molar-refractivity contribution in [1.82, 2.24) is 0 Å². The Hall–Kier alpha value is -0.910. The van der Waals surface area contributed by atoms with E-state index in [1.54, 1.807) is 11.8 Å². The van der Waals surface area contributed by atoms with Crippen molar-refractivity contribution in [3.05, 3.63) is 29.8 Å². The first-order valence-corrected chi connectivity index (χ1v) is 5.33. The Bertz CT molecular complexity index is 305. The summed E-state index contributed by atoms with van der Waals surface area (Å²) < 4.78 is 0. The Labute approximate surface area is 83.2 Å². The number of aliphatic hydroxyl groups excluding tert-OH is 1. The molecule has 1 aromatic carbocycles. The summed E-state index contributed by atoms with van der Waals surface area (Å²) in [6, 6.07) is 8.09. The van der Waals surface area contributed by atoms with Crippen molar-refractivity contribution >= 4 is 11.8 Å². The molecule has 0 saturated carbocycles.